The van der Waals surface area contributed by atoms with Gasteiger partial charge in [-0.1, -0.05) is 0 Å². The minimum absolute atomic E-state index is 0.286. The number of hydrogen-bond acceptors (Lipinski definition) is 5. The molecular weight excluding hydrogens is 419 g/mol. The van der Waals surface area contributed by atoms with Crippen LogP contribution in [0.2, 0.25) is 0 Å². The van der Waals surface area contributed by atoms with E-state index in [-0.39, 0.29) is 5.89 Å². The highest BCUT2D eigenvalue weighted by Crippen LogP contribution is 2.31. The van der Waals surface area contributed by atoms with Gasteiger partial charge in [-0.25, -0.2) is 4.98 Å². The van der Waals surface area contributed by atoms with Gasteiger partial charge in [-0.2, -0.15) is 13.2 Å². The van der Waals surface area contributed by atoms with Crippen LogP contribution in [0.3, 0.4) is 0 Å². The van der Waals surface area contributed by atoms with E-state index < -0.39 is 22.5 Å². The maximum absolute atomic E-state index is 12.7. The molecule has 0 spiro atoms. The number of carboxylic acid groups (broad SMARTS) is 1. The quantitative estimate of drug-likeness (QED) is 0.454. The third-order valence-corrected chi connectivity index (χ3v) is 5.89. The van der Waals surface area contributed by atoms with Crippen LogP contribution in [0.25, 0.3) is 11.5 Å². The summed E-state index contributed by atoms with van der Waals surface area (Å²) in [4.78, 5) is 15.4. The van der Waals surface area contributed by atoms with E-state index in [2.05, 4.69) is 4.98 Å². The first-order valence-electron chi connectivity index (χ1n) is 9.60. The van der Waals surface area contributed by atoms with E-state index in [1.165, 1.54) is 23.9 Å². The van der Waals surface area contributed by atoms with Crippen LogP contribution in [0.5, 0.6) is 0 Å². The van der Waals surface area contributed by atoms with Crippen molar-refractivity contribution in [1.29, 1.82) is 0 Å². The number of oxazole rings is 1. The summed E-state index contributed by atoms with van der Waals surface area (Å²) in [5.41, 5.74) is 0.483. The molecule has 0 aliphatic rings. The summed E-state index contributed by atoms with van der Waals surface area (Å²) in [5, 5.41) is 9.06. The fourth-order valence-electron chi connectivity index (χ4n) is 2.55. The number of halogens is 3. The predicted molar refractivity (Wildman–Crippen MR) is 110 cm³/mol. The number of hydrogen-bond donors (Lipinski definition) is 1. The first-order chi connectivity index (χ1) is 14.0. The largest absolute Gasteiger partial charge is 0.480 e. The van der Waals surface area contributed by atoms with E-state index >= 15 is 0 Å². The van der Waals surface area contributed by atoms with Crippen molar-refractivity contribution in [2.75, 3.05) is 19.0 Å². The normalized spacial score (nSPS) is 12.3. The van der Waals surface area contributed by atoms with Crippen LogP contribution in [0.15, 0.2) is 28.7 Å². The summed E-state index contributed by atoms with van der Waals surface area (Å²) in [6.07, 6.45) is -2.14. The molecule has 0 atom stereocenters. The van der Waals surface area contributed by atoms with Gasteiger partial charge in [0.05, 0.1) is 17.9 Å². The number of benzene rings is 1. The minimum Gasteiger partial charge on any atom is -0.480 e. The minimum atomic E-state index is -4.38. The van der Waals surface area contributed by atoms with Gasteiger partial charge in [-0.05, 0) is 63.6 Å². The zero-order valence-corrected chi connectivity index (χ0v) is 18.0. The molecule has 5 nitrogen and oxygen atoms in total. The fourth-order valence-corrected chi connectivity index (χ4v) is 3.53. The van der Waals surface area contributed by atoms with E-state index in [4.69, 9.17) is 14.3 Å². The summed E-state index contributed by atoms with van der Waals surface area (Å²) >= 11 is 1.41. The Bertz CT molecular complexity index is 832. The highest BCUT2D eigenvalue weighted by Gasteiger charge is 2.30. The second-order valence-corrected chi connectivity index (χ2v) is 9.05. The molecular formula is C21H26F3NO4S. The number of aromatic nitrogens is 1. The molecule has 0 saturated carbocycles. The molecule has 0 saturated heterocycles. The SMILES string of the molecule is Cc1oc(-c2ccc(C(F)(F)F)cc2)nc1CCOCCCCSC(C)(C)C(=O)O. The number of aryl methyl sites for hydroxylation is 1. The number of aliphatic carboxylic acids is 1. The van der Waals surface area contributed by atoms with Crippen LogP contribution in [-0.2, 0) is 22.1 Å². The van der Waals surface area contributed by atoms with Gasteiger partial charge in [0.1, 0.15) is 10.5 Å². The first kappa shape index (κ1) is 24.3. The van der Waals surface area contributed by atoms with E-state index in [9.17, 15) is 18.0 Å². The van der Waals surface area contributed by atoms with Gasteiger partial charge < -0.3 is 14.3 Å². The Kier molecular flexibility index (Phi) is 8.37. The van der Waals surface area contributed by atoms with Gasteiger partial charge in [0.25, 0.3) is 0 Å². The zero-order valence-electron chi connectivity index (χ0n) is 17.2. The Morgan fingerprint density at radius 2 is 1.83 bits per heavy atom. The van der Waals surface area contributed by atoms with Crippen molar-refractivity contribution in [3.05, 3.63) is 41.3 Å². The number of unbranched alkanes of at least 4 members (excludes halogenated alkanes) is 1. The third kappa shape index (κ3) is 7.05. The molecule has 0 aliphatic carbocycles. The standard InChI is InChI=1S/C21H26F3NO4S/c1-14-17(10-12-28-11-4-5-13-30-20(2,3)19(26)27)25-18(29-14)15-6-8-16(9-7-15)21(22,23)24/h6-9H,4-5,10-13H2,1-3H3,(H,26,27). The van der Waals surface area contributed by atoms with Crippen LogP contribution in [-0.4, -0.2) is 39.8 Å². The van der Waals surface area contributed by atoms with E-state index in [1.54, 1.807) is 20.8 Å². The van der Waals surface area contributed by atoms with E-state index in [0.717, 1.165) is 30.7 Å². The smallest absolute Gasteiger partial charge is 0.416 e. The molecule has 0 amide bonds. The molecule has 30 heavy (non-hydrogen) atoms. The fraction of sp³-hybridized carbons (Fsp3) is 0.524. The van der Waals surface area contributed by atoms with Crippen molar-refractivity contribution >= 4 is 17.7 Å². The molecule has 0 radical (unpaired) electrons. The average Bonchev–Trinajstić information content (AvgIpc) is 3.04. The van der Waals surface area contributed by atoms with E-state index in [1.807, 2.05) is 0 Å². The molecule has 1 heterocycles. The Hall–Kier alpha value is -2.00. The number of alkyl halides is 3. The highest BCUT2D eigenvalue weighted by atomic mass is 32.2. The zero-order chi connectivity index (χ0) is 22.4. The molecule has 166 valence electrons. The average molecular weight is 446 g/mol. The topological polar surface area (TPSA) is 72.6 Å². The predicted octanol–water partition coefficient (Wildman–Crippen LogP) is 5.60. The van der Waals surface area contributed by atoms with Crippen molar-refractivity contribution in [3.63, 3.8) is 0 Å². The molecule has 1 N–H and O–H groups in total. The second-order valence-electron chi connectivity index (χ2n) is 7.33. The lowest BCUT2D eigenvalue weighted by molar-refractivity contribution is -0.139. The summed E-state index contributed by atoms with van der Waals surface area (Å²) in [6, 6.07) is 4.71. The summed E-state index contributed by atoms with van der Waals surface area (Å²) in [7, 11) is 0. The second kappa shape index (κ2) is 10.3. The van der Waals surface area contributed by atoms with Gasteiger partial charge >= 0.3 is 12.1 Å². The highest BCUT2D eigenvalue weighted by molar-refractivity contribution is 8.01. The van der Waals surface area contributed by atoms with Crippen molar-refractivity contribution in [1.82, 2.24) is 4.98 Å². The molecule has 1 aromatic heterocycles. The number of rotatable bonds is 11. The number of carboxylic acids is 1. The van der Waals surface area contributed by atoms with Crippen LogP contribution in [0.1, 0.15) is 43.7 Å². The number of thioether (sulfide) groups is 1. The maximum atomic E-state index is 12.7. The summed E-state index contributed by atoms with van der Waals surface area (Å²) in [5.74, 6) is 0.833. The number of ether oxygens (including phenoxy) is 1. The molecule has 9 heteroatoms. The Morgan fingerprint density at radius 3 is 2.43 bits per heavy atom. The van der Waals surface area contributed by atoms with Crippen molar-refractivity contribution in [3.8, 4) is 11.5 Å². The lowest BCUT2D eigenvalue weighted by Crippen LogP contribution is -2.27. The van der Waals surface area contributed by atoms with Gasteiger partial charge in [0.2, 0.25) is 5.89 Å². The van der Waals surface area contributed by atoms with E-state index in [0.29, 0.717) is 36.7 Å². The summed E-state index contributed by atoms with van der Waals surface area (Å²) < 4.78 is 48.4. The lowest BCUT2D eigenvalue weighted by atomic mass is 10.1. The molecule has 1 aromatic carbocycles. The van der Waals surface area contributed by atoms with Crippen LogP contribution >= 0.6 is 11.8 Å². The molecule has 0 fully saturated rings. The van der Waals surface area contributed by atoms with Gasteiger partial charge in [-0.3, -0.25) is 4.79 Å². The van der Waals surface area contributed by atoms with Gasteiger partial charge in [0, 0.05) is 18.6 Å². The van der Waals surface area contributed by atoms with Gasteiger partial charge in [0.15, 0.2) is 0 Å². The molecule has 0 aliphatic heterocycles. The maximum Gasteiger partial charge on any atom is 0.416 e. The van der Waals surface area contributed by atoms with Crippen LogP contribution in [0.4, 0.5) is 13.2 Å². The Morgan fingerprint density at radius 1 is 1.17 bits per heavy atom. The molecule has 0 bridgehead atoms. The molecule has 0 unspecified atom stereocenters. The monoisotopic (exact) mass is 445 g/mol. The van der Waals surface area contributed by atoms with Crippen molar-refractivity contribution < 1.29 is 32.2 Å². The molecule has 2 aromatic rings. The van der Waals surface area contributed by atoms with Crippen LogP contribution < -0.4 is 0 Å². The Balaban J connectivity index is 1.73. The van der Waals surface area contributed by atoms with Crippen molar-refractivity contribution in [2.45, 2.75) is 51.0 Å². The summed E-state index contributed by atoms with van der Waals surface area (Å²) in [6.45, 7) is 6.16. The molecule has 2 rings (SSSR count). The van der Waals surface area contributed by atoms with Crippen LogP contribution in [0, 0.1) is 6.92 Å². The first-order valence-corrected chi connectivity index (χ1v) is 10.6. The van der Waals surface area contributed by atoms with Gasteiger partial charge in [-0.15, -0.1) is 11.8 Å². The third-order valence-electron chi connectivity index (χ3n) is 4.50. The number of nitrogens with zero attached hydrogens (tertiary/aromatic N) is 1. The lowest BCUT2D eigenvalue weighted by Gasteiger charge is -2.17. The van der Waals surface area contributed by atoms with Crippen molar-refractivity contribution in [2.24, 2.45) is 0 Å². The Labute approximate surface area is 178 Å². The number of carbonyl (C=O) groups is 1.